The molecule has 0 radical (unpaired) electrons. The summed E-state index contributed by atoms with van der Waals surface area (Å²) in [6, 6.07) is 21.0. The second-order valence-electron chi connectivity index (χ2n) is 12.5. The number of hydrogen-bond acceptors (Lipinski definition) is 5. The van der Waals surface area contributed by atoms with Crippen LogP contribution in [-0.4, -0.2) is 19.6 Å². The predicted molar refractivity (Wildman–Crippen MR) is 167 cm³/mol. The zero-order chi connectivity index (χ0) is 35.1. The van der Waals surface area contributed by atoms with E-state index in [0.717, 1.165) is 0 Å². The molecule has 0 aromatic heterocycles. The van der Waals surface area contributed by atoms with Crippen LogP contribution in [0.4, 0.5) is 26.3 Å². The van der Waals surface area contributed by atoms with Gasteiger partial charge in [-0.25, -0.2) is 3.63 Å². The second-order valence-corrected chi connectivity index (χ2v) is 16.9. The molecule has 47 heavy (non-hydrogen) atoms. The summed E-state index contributed by atoms with van der Waals surface area (Å²) in [5, 5.41) is 0. The number of hydrogen-bond donors (Lipinski definition) is 0. The Kier molecular flexibility index (Phi) is 9.80. The lowest BCUT2D eigenvalue weighted by atomic mass is 10.1. The molecule has 0 N–H and O–H groups in total. The van der Waals surface area contributed by atoms with Gasteiger partial charge >= 0.3 is 22.5 Å². The van der Waals surface area contributed by atoms with Crippen LogP contribution in [0.25, 0.3) is 0 Å². The van der Waals surface area contributed by atoms with Crippen molar-refractivity contribution in [3.63, 3.8) is 0 Å². The van der Waals surface area contributed by atoms with Gasteiger partial charge in [0.15, 0.2) is 0 Å². The highest BCUT2D eigenvalue weighted by atomic mass is 32.3. The fourth-order valence-electron chi connectivity index (χ4n) is 4.60. The fraction of sp³-hybridized carbons (Fsp3) is 0.294. The van der Waals surface area contributed by atoms with Gasteiger partial charge in [0.25, 0.3) is 0 Å². The largest absolute Gasteiger partial charge is 0.488 e. The molecule has 0 fully saturated rings. The van der Waals surface area contributed by atoms with Crippen molar-refractivity contribution < 1.29 is 47.9 Å². The molecule has 5 nitrogen and oxygen atoms in total. The van der Waals surface area contributed by atoms with Gasteiger partial charge in [0.2, 0.25) is 0 Å². The average Bonchev–Trinajstić information content (AvgIpc) is 2.93. The zero-order valence-corrected chi connectivity index (χ0v) is 28.0. The van der Waals surface area contributed by atoms with Gasteiger partial charge in [-0.15, -0.1) is 0 Å². The first-order valence-electron chi connectivity index (χ1n) is 14.2. The number of halogens is 6. The van der Waals surface area contributed by atoms with E-state index in [9.17, 15) is 34.8 Å². The van der Waals surface area contributed by atoms with Gasteiger partial charge in [-0.3, -0.25) is 0 Å². The molecule has 0 amide bonds. The van der Waals surface area contributed by atoms with Crippen molar-refractivity contribution in [2.75, 3.05) is 0 Å². The van der Waals surface area contributed by atoms with Crippen molar-refractivity contribution >= 4 is 20.4 Å². The van der Waals surface area contributed by atoms with Crippen molar-refractivity contribution in [2.45, 2.75) is 84.7 Å². The predicted octanol–water partition coefficient (Wildman–Crippen LogP) is 10.7. The lowest BCUT2D eigenvalue weighted by molar-refractivity contribution is -0.144. The van der Waals surface area contributed by atoms with E-state index in [0.29, 0.717) is 0 Å². The first-order valence-corrected chi connectivity index (χ1v) is 17.2. The summed E-state index contributed by atoms with van der Waals surface area (Å²) in [6.45, 7) is 10.8. The molecule has 0 atom stereocenters. The number of ether oxygens (including phenoxy) is 2. The molecule has 0 aliphatic heterocycles. The van der Waals surface area contributed by atoms with E-state index in [1.165, 1.54) is 12.1 Å². The van der Waals surface area contributed by atoms with Crippen molar-refractivity contribution in [1.82, 2.24) is 0 Å². The van der Waals surface area contributed by atoms with Gasteiger partial charge in [0, 0.05) is 20.8 Å². The normalized spacial score (nSPS) is 13.7. The third kappa shape index (κ3) is 8.62. The number of rotatable bonds is 8. The van der Waals surface area contributed by atoms with E-state index in [-0.39, 0.29) is 44.4 Å². The molecule has 254 valence electrons. The highest BCUT2D eigenvalue weighted by Gasteiger charge is 2.45. The molecule has 0 spiro atoms. The van der Waals surface area contributed by atoms with Crippen LogP contribution in [0, 0.1) is 0 Å². The van der Waals surface area contributed by atoms with E-state index in [1.54, 1.807) is 108 Å². The fourth-order valence-corrected chi connectivity index (χ4v) is 10.1. The molecule has 0 saturated heterocycles. The van der Waals surface area contributed by atoms with Crippen LogP contribution in [0.5, 0.6) is 11.5 Å². The van der Waals surface area contributed by atoms with Crippen LogP contribution in [0.2, 0.25) is 0 Å². The Labute approximate surface area is 272 Å². The summed E-state index contributed by atoms with van der Waals surface area (Å²) in [5.74, 6) is 0.508. The van der Waals surface area contributed by atoms with Gasteiger partial charge in [-0.1, -0.05) is 36.4 Å². The van der Waals surface area contributed by atoms with Crippen LogP contribution >= 0.6 is 10.3 Å². The van der Waals surface area contributed by atoms with Crippen LogP contribution in [0.15, 0.2) is 117 Å². The summed E-state index contributed by atoms with van der Waals surface area (Å²) in [6.07, 6.45) is -10.6. The summed E-state index contributed by atoms with van der Waals surface area (Å²) < 4.78 is 130. The molecule has 0 aliphatic carbocycles. The van der Waals surface area contributed by atoms with Crippen LogP contribution in [0.1, 0.15) is 52.7 Å². The van der Waals surface area contributed by atoms with E-state index < -0.39 is 60.0 Å². The van der Waals surface area contributed by atoms with E-state index in [2.05, 4.69) is 0 Å². The Hall–Kier alpha value is -3.68. The van der Waals surface area contributed by atoms with Gasteiger partial charge in [0.05, 0.1) is 11.1 Å². The Morgan fingerprint density at radius 3 is 1.36 bits per heavy atom. The van der Waals surface area contributed by atoms with E-state index in [4.69, 9.17) is 13.1 Å². The standard InChI is InChI=1S/C34H34F6O5S2/c1-31(2,3)43-24-20-25(44-32(4,5)6)22-28(21-24)46(26-13-9-7-10-14-26,27-15-11-8-12-16-27)45-47(41,42)30-18-17-23(33(35,36)37)19-29(30)34(38,39)40/h7-22H,1-6H3. The summed E-state index contributed by atoms with van der Waals surface area (Å²) in [5.41, 5.74) is -5.14. The summed E-state index contributed by atoms with van der Waals surface area (Å²) >= 11 is 0. The average molecular weight is 701 g/mol. The van der Waals surface area contributed by atoms with E-state index in [1.807, 2.05) is 0 Å². The SMILES string of the molecule is CC(C)(C)Oc1cc(OC(C)(C)C)cc(S(OS(=O)(=O)c2ccc(C(F)(F)F)cc2C(F)(F)F)(c2ccccc2)c2ccccc2)c1. The quantitative estimate of drug-likeness (QED) is 0.171. The maximum absolute atomic E-state index is 14.3. The summed E-state index contributed by atoms with van der Waals surface area (Å²) in [4.78, 5) is -0.746. The molecule has 0 aliphatic rings. The van der Waals surface area contributed by atoms with Crippen LogP contribution < -0.4 is 9.47 Å². The Balaban J connectivity index is 2.11. The molecular formula is C34H34F6O5S2. The van der Waals surface area contributed by atoms with Crippen LogP contribution in [-0.2, 0) is 26.1 Å². The van der Waals surface area contributed by atoms with Crippen LogP contribution in [0.3, 0.4) is 0 Å². The first-order chi connectivity index (χ1) is 21.5. The van der Waals surface area contributed by atoms with Crippen molar-refractivity contribution in [3.05, 3.63) is 108 Å². The lowest BCUT2D eigenvalue weighted by Crippen LogP contribution is -2.25. The minimum atomic E-state index is -5.47. The molecule has 0 bridgehead atoms. The van der Waals surface area contributed by atoms with Crippen molar-refractivity contribution in [1.29, 1.82) is 0 Å². The molecule has 4 aromatic carbocycles. The second kappa shape index (κ2) is 12.7. The Morgan fingerprint density at radius 1 is 0.532 bits per heavy atom. The topological polar surface area (TPSA) is 61.8 Å². The Morgan fingerprint density at radius 2 is 0.979 bits per heavy atom. The minimum absolute atomic E-state index is 0.181. The smallest absolute Gasteiger partial charge is 0.417 e. The third-order valence-electron chi connectivity index (χ3n) is 6.26. The number of benzene rings is 4. The van der Waals surface area contributed by atoms with Crippen molar-refractivity contribution in [3.8, 4) is 11.5 Å². The highest BCUT2D eigenvalue weighted by Crippen LogP contribution is 2.71. The molecular weight excluding hydrogens is 666 g/mol. The maximum atomic E-state index is 14.3. The summed E-state index contributed by atoms with van der Waals surface area (Å²) in [7, 11) is -9.00. The molecule has 0 saturated carbocycles. The zero-order valence-electron chi connectivity index (χ0n) is 26.4. The number of alkyl halides is 6. The van der Waals surface area contributed by atoms with Gasteiger partial charge in [0.1, 0.15) is 27.6 Å². The van der Waals surface area contributed by atoms with Gasteiger partial charge in [-0.05, 0) is 106 Å². The molecule has 0 unspecified atom stereocenters. The Bertz CT molecular complexity index is 1740. The third-order valence-corrected chi connectivity index (χ3v) is 11.5. The monoisotopic (exact) mass is 700 g/mol. The molecule has 0 heterocycles. The molecule has 4 rings (SSSR count). The molecule has 4 aromatic rings. The van der Waals surface area contributed by atoms with E-state index >= 15 is 0 Å². The first kappa shape index (κ1) is 36.2. The van der Waals surface area contributed by atoms with Crippen molar-refractivity contribution in [2.24, 2.45) is 0 Å². The maximum Gasteiger partial charge on any atom is 0.417 e. The minimum Gasteiger partial charge on any atom is -0.488 e. The lowest BCUT2D eigenvalue weighted by Gasteiger charge is -2.40. The highest BCUT2D eigenvalue weighted by molar-refractivity contribution is 8.33. The van der Waals surface area contributed by atoms with Gasteiger partial charge in [-0.2, -0.15) is 34.8 Å². The van der Waals surface area contributed by atoms with Gasteiger partial charge < -0.3 is 9.47 Å². The molecule has 13 heteroatoms.